The van der Waals surface area contributed by atoms with Crippen molar-refractivity contribution in [1.29, 1.82) is 0 Å². The zero-order chi connectivity index (χ0) is 23.0. The van der Waals surface area contributed by atoms with Gasteiger partial charge in [-0.25, -0.2) is 0 Å². The Hall–Kier alpha value is 1.29. The molecule has 0 aromatic heterocycles. The molecule has 0 N–H and O–H groups in total. The van der Waals surface area contributed by atoms with Crippen LogP contribution in [0.3, 0.4) is 0 Å². The van der Waals surface area contributed by atoms with Crippen molar-refractivity contribution < 1.29 is 17.0 Å². The van der Waals surface area contributed by atoms with E-state index in [0.717, 1.165) is 47.3 Å². The molecule has 0 saturated heterocycles. The molecular weight excluding hydrogens is 455 g/mol. The van der Waals surface area contributed by atoms with E-state index in [9.17, 15) is 0 Å². The predicted molar refractivity (Wildman–Crippen MR) is 132 cm³/mol. The molecule has 3 heteroatoms. The van der Waals surface area contributed by atoms with Crippen LogP contribution in [-0.2, 0) is 17.0 Å². The summed E-state index contributed by atoms with van der Waals surface area (Å²) in [4.78, 5) is 0. The van der Waals surface area contributed by atoms with Gasteiger partial charge in [0.2, 0.25) is 0 Å². The third kappa shape index (κ3) is 3.69. The molecule has 0 spiro atoms. The van der Waals surface area contributed by atoms with Crippen molar-refractivity contribution in [2.45, 2.75) is 107 Å². The zero-order valence-corrected chi connectivity index (χ0v) is 24.6. The van der Waals surface area contributed by atoms with Gasteiger partial charge in [0.15, 0.2) is 0 Å². The standard InChI is InChI=1S/2C14H24.2ClH.Ti/c2*1-13(2)10-7-5-6-9(10)11-8-12(13)14(11,3)4;;;/h2*9-12H,5-8H2,1-4H3;2*1H;/q;;;;+2/p-2. The third-order valence-corrected chi connectivity index (χ3v) is 12.6. The first-order valence-corrected chi connectivity index (χ1v) is 17.6. The third-order valence-electron chi connectivity index (χ3n) is 12.6. The molecule has 31 heavy (non-hydrogen) atoms. The fraction of sp³-hybridized carbons (Fsp3) is 1.00. The van der Waals surface area contributed by atoms with Crippen molar-refractivity contribution >= 4 is 18.6 Å². The van der Waals surface area contributed by atoms with E-state index in [1.165, 1.54) is 38.5 Å². The molecule has 8 aliphatic rings. The second-order valence-electron chi connectivity index (χ2n) is 14.5. The van der Waals surface area contributed by atoms with Crippen molar-refractivity contribution in [2.24, 2.45) is 69.0 Å². The van der Waals surface area contributed by atoms with E-state index < -0.39 is 17.0 Å². The number of halogens is 2. The molecular formula is C28H48Cl2Ti. The van der Waals surface area contributed by atoms with Crippen LogP contribution in [0.5, 0.6) is 0 Å². The van der Waals surface area contributed by atoms with E-state index in [1.54, 1.807) is 12.8 Å². The Bertz CT molecular complexity index is 602. The molecule has 8 aliphatic carbocycles. The Balaban J connectivity index is 0.000000133. The second-order valence-corrected chi connectivity index (χ2v) is 17.1. The van der Waals surface area contributed by atoms with Crippen LogP contribution >= 0.6 is 18.6 Å². The average Bonchev–Trinajstić information content (AvgIpc) is 3.31. The van der Waals surface area contributed by atoms with E-state index >= 15 is 0 Å². The van der Waals surface area contributed by atoms with Gasteiger partial charge >= 0.3 is 35.6 Å². The summed E-state index contributed by atoms with van der Waals surface area (Å²) >= 11 is -0.556. The first kappa shape index (κ1) is 25.4. The van der Waals surface area contributed by atoms with E-state index in [4.69, 9.17) is 18.6 Å². The summed E-state index contributed by atoms with van der Waals surface area (Å²) in [6.45, 7) is 20.3. The van der Waals surface area contributed by atoms with Gasteiger partial charge in [-0.15, -0.1) is 0 Å². The summed E-state index contributed by atoms with van der Waals surface area (Å²) in [5.74, 6) is 8.49. The van der Waals surface area contributed by atoms with E-state index in [2.05, 4.69) is 55.4 Å². The molecule has 8 saturated carbocycles. The first-order valence-electron chi connectivity index (χ1n) is 13.3. The summed E-state index contributed by atoms with van der Waals surface area (Å²) in [7, 11) is 9.78. The Morgan fingerprint density at radius 1 is 0.516 bits per heavy atom. The molecule has 0 heterocycles. The van der Waals surface area contributed by atoms with E-state index in [1.807, 2.05) is 0 Å². The molecule has 8 rings (SSSR count). The monoisotopic (exact) mass is 502 g/mol. The summed E-state index contributed by atoms with van der Waals surface area (Å²) in [6.07, 6.45) is 12.2. The van der Waals surface area contributed by atoms with Crippen LogP contribution in [0.1, 0.15) is 107 Å². The number of hydrogen-bond donors (Lipinski definition) is 0. The molecule has 0 nitrogen and oxygen atoms in total. The van der Waals surface area contributed by atoms with E-state index in [-0.39, 0.29) is 0 Å². The van der Waals surface area contributed by atoms with Gasteiger partial charge in [0.05, 0.1) is 0 Å². The van der Waals surface area contributed by atoms with Crippen LogP contribution in [-0.4, -0.2) is 0 Å². The molecule has 0 radical (unpaired) electrons. The molecule has 8 atom stereocenters. The summed E-state index contributed by atoms with van der Waals surface area (Å²) in [6, 6.07) is 0. The second kappa shape index (κ2) is 8.45. The van der Waals surface area contributed by atoms with Crippen LogP contribution in [0.4, 0.5) is 0 Å². The Morgan fingerprint density at radius 2 is 0.806 bits per heavy atom. The minimum absolute atomic E-state index is 0.556. The molecule has 0 aliphatic heterocycles. The number of hydrogen-bond acceptors (Lipinski definition) is 0. The molecule has 0 aromatic rings. The molecule has 178 valence electrons. The summed E-state index contributed by atoms with van der Waals surface area (Å²) in [5, 5.41) is 0. The van der Waals surface area contributed by atoms with Gasteiger partial charge in [0.1, 0.15) is 0 Å². The molecule has 8 unspecified atom stereocenters. The van der Waals surface area contributed by atoms with Crippen molar-refractivity contribution in [1.82, 2.24) is 0 Å². The van der Waals surface area contributed by atoms with Gasteiger partial charge in [-0.1, -0.05) is 68.2 Å². The fourth-order valence-electron chi connectivity index (χ4n) is 11.2. The van der Waals surface area contributed by atoms with Crippen molar-refractivity contribution in [3.63, 3.8) is 0 Å². The van der Waals surface area contributed by atoms with Gasteiger partial charge in [-0.2, -0.15) is 0 Å². The maximum atomic E-state index is 4.89. The van der Waals surface area contributed by atoms with Gasteiger partial charge in [0, 0.05) is 0 Å². The van der Waals surface area contributed by atoms with Crippen LogP contribution in [0.25, 0.3) is 0 Å². The minimum atomic E-state index is -0.556. The molecule has 4 bridgehead atoms. The normalized spacial score (nSPS) is 47.7. The molecule has 8 fully saturated rings. The summed E-state index contributed by atoms with van der Waals surface area (Å²) in [5.41, 5.74) is 2.60. The van der Waals surface area contributed by atoms with Gasteiger partial charge in [0.25, 0.3) is 0 Å². The van der Waals surface area contributed by atoms with Gasteiger partial charge < -0.3 is 0 Å². The Labute approximate surface area is 210 Å². The SMILES string of the molecule is CC1(C)C2CCCC2C2CC1C2(C)C.CC1(C)C2CCCC2C2CC1C2(C)C.[Cl][Ti][Cl]. The van der Waals surface area contributed by atoms with Crippen LogP contribution in [0.15, 0.2) is 0 Å². The predicted octanol–water partition coefficient (Wildman–Crippen LogP) is 9.59. The van der Waals surface area contributed by atoms with Gasteiger partial charge in [-0.05, 0) is 108 Å². The molecule has 0 aromatic carbocycles. The van der Waals surface area contributed by atoms with Crippen molar-refractivity contribution in [2.75, 3.05) is 0 Å². The number of rotatable bonds is 0. The quantitative estimate of drug-likeness (QED) is 0.289. The van der Waals surface area contributed by atoms with Crippen molar-refractivity contribution in [3.05, 3.63) is 0 Å². The zero-order valence-electron chi connectivity index (χ0n) is 21.5. The Kier molecular flexibility index (Phi) is 6.92. The van der Waals surface area contributed by atoms with E-state index in [0.29, 0.717) is 21.7 Å². The maximum absolute atomic E-state index is 4.89. The average molecular weight is 503 g/mol. The topological polar surface area (TPSA) is 0 Å². The first-order chi connectivity index (χ1) is 14.3. The Morgan fingerprint density at radius 3 is 1.10 bits per heavy atom. The fourth-order valence-corrected chi connectivity index (χ4v) is 11.2. The van der Waals surface area contributed by atoms with Gasteiger partial charge in [-0.3, -0.25) is 0 Å². The van der Waals surface area contributed by atoms with Crippen LogP contribution in [0.2, 0.25) is 0 Å². The summed E-state index contributed by atoms with van der Waals surface area (Å²) < 4.78 is 0. The van der Waals surface area contributed by atoms with Crippen LogP contribution < -0.4 is 0 Å². The van der Waals surface area contributed by atoms with Crippen molar-refractivity contribution in [3.8, 4) is 0 Å². The molecule has 0 amide bonds. The van der Waals surface area contributed by atoms with Crippen LogP contribution in [0, 0.1) is 69.0 Å².